The van der Waals surface area contributed by atoms with E-state index in [0.717, 1.165) is 6.21 Å². The number of hydrogen-bond donors (Lipinski definition) is 3. The average Bonchev–Trinajstić information content (AvgIpc) is 2.49. The Morgan fingerprint density at radius 2 is 1.82 bits per heavy atom. The minimum absolute atomic E-state index is 0.223. The highest BCUT2D eigenvalue weighted by molar-refractivity contribution is 6.10. The highest BCUT2D eigenvalue weighted by Gasteiger charge is 2.07. The molecule has 0 aliphatic carbocycles. The molecule has 0 saturated heterocycles. The molecule has 0 aliphatic rings. The third-order valence-corrected chi connectivity index (χ3v) is 3.23. The molecule has 2 aromatic rings. The molecule has 0 amide bonds. The summed E-state index contributed by atoms with van der Waals surface area (Å²) in [5.41, 5.74) is 8.67. The molecule has 0 unspecified atom stereocenters. The van der Waals surface area contributed by atoms with Gasteiger partial charge >= 0.3 is 0 Å². The lowest BCUT2D eigenvalue weighted by molar-refractivity contribution is 0.625. The van der Waals surface area contributed by atoms with Gasteiger partial charge in [0.15, 0.2) is 0 Å². The van der Waals surface area contributed by atoms with Crippen LogP contribution in [0.3, 0.4) is 0 Å². The van der Waals surface area contributed by atoms with Crippen LogP contribution in [-0.4, -0.2) is 6.21 Å². The van der Waals surface area contributed by atoms with Gasteiger partial charge < -0.3 is 16.5 Å². The number of benzene rings is 2. The number of halogens is 2. The zero-order valence-corrected chi connectivity index (χ0v) is 12.2. The third-order valence-electron chi connectivity index (χ3n) is 3.23. The van der Waals surface area contributed by atoms with Gasteiger partial charge in [0.2, 0.25) is 0 Å². The van der Waals surface area contributed by atoms with Crippen molar-refractivity contribution in [3.05, 3.63) is 70.9 Å². The fraction of sp³-hybridized carbons (Fsp3) is 0.118. The van der Waals surface area contributed by atoms with E-state index in [2.05, 4.69) is 5.32 Å². The van der Waals surface area contributed by atoms with Gasteiger partial charge in [0, 0.05) is 29.7 Å². The van der Waals surface area contributed by atoms with Gasteiger partial charge in [-0.1, -0.05) is 0 Å². The highest BCUT2D eigenvalue weighted by Crippen LogP contribution is 2.21. The molecular weight excluding hydrogens is 284 g/mol. The van der Waals surface area contributed by atoms with E-state index < -0.39 is 5.82 Å². The smallest absolute Gasteiger partial charge is 0.124 e. The van der Waals surface area contributed by atoms with Crippen molar-refractivity contribution < 1.29 is 8.78 Å². The van der Waals surface area contributed by atoms with Gasteiger partial charge in [-0.3, -0.25) is 0 Å². The summed E-state index contributed by atoms with van der Waals surface area (Å²) in [5.74, 6) is -0.718. The van der Waals surface area contributed by atoms with Crippen LogP contribution in [0.4, 0.5) is 14.5 Å². The van der Waals surface area contributed by atoms with Crippen molar-refractivity contribution in [2.45, 2.75) is 13.5 Å². The topological polar surface area (TPSA) is 61.9 Å². The summed E-state index contributed by atoms with van der Waals surface area (Å²) in [6, 6.07) is 10.3. The van der Waals surface area contributed by atoms with Crippen LogP contribution in [0.15, 0.2) is 48.2 Å². The molecule has 0 aromatic heterocycles. The lowest BCUT2D eigenvalue weighted by atomic mass is 10.0. The molecule has 0 radical (unpaired) electrons. The van der Waals surface area contributed by atoms with Crippen LogP contribution in [0.2, 0.25) is 0 Å². The number of nitrogens with one attached hydrogen (secondary N) is 2. The number of allylic oxidation sites excluding steroid dienone is 2. The van der Waals surface area contributed by atoms with Crippen molar-refractivity contribution in [2.75, 3.05) is 5.32 Å². The summed E-state index contributed by atoms with van der Waals surface area (Å²) >= 11 is 0. The predicted molar refractivity (Wildman–Crippen MR) is 85.7 cm³/mol. The second-order valence-corrected chi connectivity index (χ2v) is 4.87. The van der Waals surface area contributed by atoms with E-state index in [0.29, 0.717) is 28.1 Å². The molecule has 0 spiro atoms. The van der Waals surface area contributed by atoms with Crippen molar-refractivity contribution in [3.63, 3.8) is 0 Å². The fourth-order valence-electron chi connectivity index (χ4n) is 2.15. The Labute approximate surface area is 128 Å². The summed E-state index contributed by atoms with van der Waals surface area (Å²) < 4.78 is 26.5. The minimum atomic E-state index is -0.396. The maximum atomic E-state index is 13.6. The van der Waals surface area contributed by atoms with E-state index in [9.17, 15) is 8.78 Å². The fourth-order valence-corrected chi connectivity index (χ4v) is 2.15. The molecule has 22 heavy (non-hydrogen) atoms. The maximum Gasteiger partial charge on any atom is 0.124 e. The summed E-state index contributed by atoms with van der Waals surface area (Å²) in [4.78, 5) is 0. The number of anilines is 1. The van der Waals surface area contributed by atoms with Gasteiger partial charge in [0.25, 0.3) is 0 Å². The first kappa shape index (κ1) is 15.9. The van der Waals surface area contributed by atoms with Crippen molar-refractivity contribution >= 4 is 17.5 Å². The summed E-state index contributed by atoms with van der Waals surface area (Å²) in [6.07, 6.45) is 1.15. The van der Waals surface area contributed by atoms with E-state index in [1.54, 1.807) is 25.1 Å². The van der Waals surface area contributed by atoms with Crippen LogP contribution < -0.4 is 11.1 Å². The van der Waals surface area contributed by atoms with Crippen LogP contribution >= 0.6 is 0 Å². The summed E-state index contributed by atoms with van der Waals surface area (Å²) in [7, 11) is 0. The van der Waals surface area contributed by atoms with Crippen molar-refractivity contribution in [1.29, 1.82) is 5.41 Å². The van der Waals surface area contributed by atoms with Crippen LogP contribution in [0.1, 0.15) is 18.1 Å². The Morgan fingerprint density at radius 1 is 1.14 bits per heavy atom. The largest absolute Gasteiger partial charge is 0.359 e. The molecule has 3 nitrogen and oxygen atoms in total. The zero-order valence-electron chi connectivity index (χ0n) is 12.2. The van der Waals surface area contributed by atoms with E-state index in [1.165, 1.54) is 24.3 Å². The first-order valence-electron chi connectivity index (χ1n) is 6.77. The Kier molecular flexibility index (Phi) is 5.01. The van der Waals surface area contributed by atoms with Crippen LogP contribution in [0.5, 0.6) is 0 Å². The molecular formula is C17H17F2N3. The van der Waals surface area contributed by atoms with E-state index >= 15 is 0 Å². The molecule has 114 valence electrons. The van der Waals surface area contributed by atoms with Gasteiger partial charge in [-0.2, -0.15) is 0 Å². The Bertz CT molecular complexity index is 706. The van der Waals surface area contributed by atoms with Crippen molar-refractivity contribution in [1.82, 2.24) is 0 Å². The number of hydrogen-bond acceptors (Lipinski definition) is 3. The zero-order chi connectivity index (χ0) is 16.1. The lowest BCUT2D eigenvalue weighted by Gasteiger charge is -2.12. The van der Waals surface area contributed by atoms with Gasteiger partial charge in [-0.15, -0.1) is 0 Å². The molecule has 2 rings (SSSR count). The molecule has 0 fully saturated rings. The SMILES string of the molecule is C/C(Nc1ccc(F)cc1)=C(/C=N)c1cc(F)cc(CN)c1. The molecule has 0 atom stereocenters. The van der Waals surface area contributed by atoms with Crippen LogP contribution in [-0.2, 0) is 6.54 Å². The normalized spacial score (nSPS) is 11.8. The molecule has 4 N–H and O–H groups in total. The monoisotopic (exact) mass is 301 g/mol. The minimum Gasteiger partial charge on any atom is -0.359 e. The van der Waals surface area contributed by atoms with Gasteiger partial charge in [-0.05, 0) is 60.5 Å². The highest BCUT2D eigenvalue weighted by atomic mass is 19.1. The summed E-state index contributed by atoms with van der Waals surface area (Å²) in [6.45, 7) is 2.00. The molecule has 0 bridgehead atoms. The Balaban J connectivity index is 2.38. The number of rotatable bonds is 5. The third kappa shape index (κ3) is 3.77. The Hall–Kier alpha value is -2.53. The molecule has 0 aliphatic heterocycles. The Morgan fingerprint density at radius 3 is 2.41 bits per heavy atom. The lowest BCUT2D eigenvalue weighted by Crippen LogP contribution is -2.03. The van der Waals surface area contributed by atoms with Crippen molar-refractivity contribution in [2.24, 2.45) is 5.73 Å². The molecule has 0 saturated carbocycles. The van der Waals surface area contributed by atoms with Gasteiger partial charge in [0.05, 0.1) is 0 Å². The van der Waals surface area contributed by atoms with Gasteiger partial charge in [-0.25, -0.2) is 8.78 Å². The van der Waals surface area contributed by atoms with E-state index in [-0.39, 0.29) is 12.4 Å². The molecule has 0 heterocycles. The second kappa shape index (κ2) is 6.95. The van der Waals surface area contributed by atoms with Crippen LogP contribution in [0.25, 0.3) is 5.57 Å². The van der Waals surface area contributed by atoms with Crippen LogP contribution in [0, 0.1) is 17.0 Å². The average molecular weight is 301 g/mol. The molecule has 2 aromatic carbocycles. The van der Waals surface area contributed by atoms with Crippen molar-refractivity contribution in [3.8, 4) is 0 Å². The standard InChI is InChI=1S/C17H17F2N3/c1-11(22-16-4-2-14(18)3-5-16)17(10-21)13-6-12(9-20)7-15(19)8-13/h2-8,10,21-22H,9,20H2,1H3/b17-11+,21-10?. The molecule has 5 heteroatoms. The number of nitrogens with two attached hydrogens (primary N) is 1. The van der Waals surface area contributed by atoms with E-state index in [1.807, 2.05) is 0 Å². The first-order valence-corrected chi connectivity index (χ1v) is 6.77. The quantitative estimate of drug-likeness (QED) is 0.733. The van der Waals surface area contributed by atoms with Gasteiger partial charge in [0.1, 0.15) is 11.6 Å². The summed E-state index contributed by atoms with van der Waals surface area (Å²) in [5, 5.41) is 10.7. The van der Waals surface area contributed by atoms with E-state index in [4.69, 9.17) is 11.1 Å². The maximum absolute atomic E-state index is 13.6. The first-order chi connectivity index (χ1) is 10.5. The predicted octanol–water partition coefficient (Wildman–Crippen LogP) is 3.92. The second-order valence-electron chi connectivity index (χ2n) is 4.87.